The van der Waals surface area contributed by atoms with Gasteiger partial charge in [-0.1, -0.05) is 0 Å². The molecule has 2 unspecified atom stereocenters. The van der Waals surface area contributed by atoms with Gasteiger partial charge in [0.15, 0.2) is 0 Å². The molecule has 0 spiro atoms. The zero-order valence-corrected chi connectivity index (χ0v) is 12.3. The molecule has 104 valence electrons. The number of nitrogens with zero attached hydrogens (tertiary/aromatic N) is 2. The Balaban J connectivity index is 2.38. The maximum atomic E-state index is 12.6. The Morgan fingerprint density at radius 1 is 1.42 bits per heavy atom. The number of nitrogens with two attached hydrogens (primary N) is 1. The highest BCUT2D eigenvalue weighted by Crippen LogP contribution is 2.33. The molecule has 2 aromatic heterocycles. The Labute approximate surface area is 120 Å². The lowest BCUT2D eigenvalue weighted by atomic mass is 10.1. The van der Waals surface area contributed by atoms with Crippen molar-refractivity contribution in [1.29, 1.82) is 0 Å². The number of rotatable bonds is 3. The molecular formula is C11H11BrF3N3S. The van der Waals surface area contributed by atoms with Crippen LogP contribution in [-0.4, -0.2) is 15.8 Å². The lowest BCUT2D eigenvalue weighted by Gasteiger charge is -2.20. The van der Waals surface area contributed by atoms with Crippen LogP contribution in [0.4, 0.5) is 13.2 Å². The van der Waals surface area contributed by atoms with Gasteiger partial charge in [0.05, 0.1) is 15.5 Å². The quantitative estimate of drug-likeness (QED) is 0.914. The van der Waals surface area contributed by atoms with Crippen molar-refractivity contribution in [3.63, 3.8) is 0 Å². The van der Waals surface area contributed by atoms with E-state index in [2.05, 4.69) is 21.0 Å². The molecule has 2 rings (SSSR count). The summed E-state index contributed by atoms with van der Waals surface area (Å²) in [7, 11) is 0. The average molecular weight is 354 g/mol. The molecular weight excluding hydrogens is 343 g/mol. The minimum absolute atomic E-state index is 0.355. The molecule has 2 aromatic rings. The van der Waals surface area contributed by atoms with Gasteiger partial charge in [0.1, 0.15) is 6.04 Å². The van der Waals surface area contributed by atoms with Crippen molar-refractivity contribution >= 4 is 27.3 Å². The summed E-state index contributed by atoms with van der Waals surface area (Å²) in [6.07, 6.45) is -2.59. The first kappa shape index (κ1) is 14.5. The lowest BCUT2D eigenvalue weighted by molar-refractivity contribution is -0.137. The number of hydrogen-bond acceptors (Lipinski definition) is 3. The van der Waals surface area contributed by atoms with Crippen LogP contribution < -0.4 is 5.73 Å². The molecule has 0 amide bonds. The molecule has 0 aliphatic carbocycles. The van der Waals surface area contributed by atoms with Crippen LogP contribution in [0.2, 0.25) is 0 Å². The maximum absolute atomic E-state index is 12.6. The highest BCUT2D eigenvalue weighted by molar-refractivity contribution is 9.11. The normalized spacial score (nSPS) is 15.5. The number of thiophene rings is 1. The van der Waals surface area contributed by atoms with Crippen LogP contribution in [0.5, 0.6) is 0 Å². The molecule has 0 saturated carbocycles. The Hall–Kier alpha value is -0.860. The molecule has 8 heteroatoms. The first-order valence-electron chi connectivity index (χ1n) is 5.41. The minimum Gasteiger partial charge on any atom is -0.326 e. The van der Waals surface area contributed by atoms with Gasteiger partial charge in [0.25, 0.3) is 0 Å². The minimum atomic E-state index is -4.39. The maximum Gasteiger partial charge on any atom is 0.419 e. The smallest absolute Gasteiger partial charge is 0.326 e. The van der Waals surface area contributed by atoms with Gasteiger partial charge in [-0.15, -0.1) is 11.3 Å². The standard InChI is InChI=1S/C11H11BrF3N3S/c1-6(16)10(8-2-3-9(12)19-8)18-5-7(4-17-18)11(13,14)15/h2-6,10H,16H2,1H3. The van der Waals surface area contributed by atoms with Gasteiger partial charge < -0.3 is 5.73 Å². The average Bonchev–Trinajstić information content (AvgIpc) is 2.87. The van der Waals surface area contributed by atoms with Gasteiger partial charge in [-0.2, -0.15) is 18.3 Å². The first-order valence-corrected chi connectivity index (χ1v) is 7.02. The zero-order valence-electron chi connectivity index (χ0n) is 9.86. The highest BCUT2D eigenvalue weighted by atomic mass is 79.9. The molecule has 2 atom stereocenters. The molecule has 2 N–H and O–H groups in total. The van der Waals surface area contributed by atoms with Crippen molar-refractivity contribution in [3.8, 4) is 0 Å². The molecule has 0 saturated heterocycles. The number of halogens is 4. The fraction of sp³-hybridized carbons (Fsp3) is 0.364. The first-order chi connectivity index (χ1) is 8.79. The molecule has 0 aromatic carbocycles. The van der Waals surface area contributed by atoms with E-state index in [0.717, 1.165) is 21.1 Å². The van der Waals surface area contributed by atoms with Gasteiger partial charge in [-0.25, -0.2) is 0 Å². The second-order valence-electron chi connectivity index (χ2n) is 4.15. The molecule has 0 aliphatic heterocycles. The largest absolute Gasteiger partial charge is 0.419 e. The highest BCUT2D eigenvalue weighted by Gasteiger charge is 2.33. The predicted molar refractivity (Wildman–Crippen MR) is 71.0 cm³/mol. The summed E-state index contributed by atoms with van der Waals surface area (Å²) in [5.41, 5.74) is 5.11. The van der Waals surface area contributed by atoms with Crippen molar-refractivity contribution in [1.82, 2.24) is 9.78 Å². The van der Waals surface area contributed by atoms with Gasteiger partial charge in [-0.3, -0.25) is 4.68 Å². The van der Waals surface area contributed by atoms with Crippen LogP contribution in [-0.2, 0) is 6.18 Å². The van der Waals surface area contributed by atoms with Gasteiger partial charge in [-0.05, 0) is 35.0 Å². The Morgan fingerprint density at radius 3 is 2.53 bits per heavy atom. The van der Waals surface area contributed by atoms with Gasteiger partial charge in [0, 0.05) is 17.1 Å². The number of hydrogen-bond donors (Lipinski definition) is 1. The van der Waals surface area contributed by atoms with Crippen molar-refractivity contribution in [2.24, 2.45) is 5.73 Å². The molecule has 0 aliphatic rings. The third kappa shape index (κ3) is 3.18. The Bertz CT molecular complexity index is 562. The molecule has 0 bridgehead atoms. The van der Waals surface area contributed by atoms with E-state index >= 15 is 0 Å². The van der Waals surface area contributed by atoms with E-state index in [0.29, 0.717) is 0 Å². The number of alkyl halides is 3. The summed E-state index contributed by atoms with van der Waals surface area (Å²) in [5.74, 6) is 0. The molecule has 0 radical (unpaired) electrons. The summed E-state index contributed by atoms with van der Waals surface area (Å²) >= 11 is 4.76. The van der Waals surface area contributed by atoms with Crippen LogP contribution in [0.25, 0.3) is 0 Å². The fourth-order valence-corrected chi connectivity index (χ4v) is 3.39. The van der Waals surface area contributed by atoms with Crippen LogP contribution in [0, 0.1) is 0 Å². The van der Waals surface area contributed by atoms with E-state index in [4.69, 9.17) is 5.73 Å². The van der Waals surface area contributed by atoms with Gasteiger partial charge in [0.2, 0.25) is 0 Å². The number of aromatic nitrogens is 2. The second-order valence-corrected chi connectivity index (χ2v) is 6.65. The summed E-state index contributed by atoms with van der Waals surface area (Å²) in [4.78, 5) is 0.860. The summed E-state index contributed by atoms with van der Waals surface area (Å²) in [5, 5.41) is 3.80. The Kier molecular flexibility index (Phi) is 4.03. The lowest BCUT2D eigenvalue weighted by Crippen LogP contribution is -2.30. The summed E-state index contributed by atoms with van der Waals surface area (Å²) in [6, 6.07) is 2.90. The van der Waals surface area contributed by atoms with E-state index in [1.165, 1.54) is 16.0 Å². The van der Waals surface area contributed by atoms with Crippen LogP contribution in [0.3, 0.4) is 0 Å². The SMILES string of the molecule is CC(N)C(c1ccc(Br)s1)n1cc(C(F)(F)F)cn1. The Morgan fingerprint density at radius 2 is 2.11 bits per heavy atom. The van der Waals surface area contributed by atoms with Crippen LogP contribution >= 0.6 is 27.3 Å². The van der Waals surface area contributed by atoms with Crippen molar-refractivity contribution < 1.29 is 13.2 Å². The predicted octanol–water partition coefficient (Wildman–Crippen LogP) is 3.66. The van der Waals surface area contributed by atoms with E-state index < -0.39 is 17.8 Å². The molecule has 19 heavy (non-hydrogen) atoms. The second kappa shape index (κ2) is 5.26. The topological polar surface area (TPSA) is 43.8 Å². The van der Waals surface area contributed by atoms with Crippen molar-refractivity contribution in [3.05, 3.63) is 38.8 Å². The molecule has 2 heterocycles. The van der Waals surface area contributed by atoms with Crippen molar-refractivity contribution in [2.75, 3.05) is 0 Å². The van der Waals surface area contributed by atoms with Crippen LogP contribution in [0.1, 0.15) is 23.4 Å². The third-order valence-electron chi connectivity index (χ3n) is 2.60. The molecule has 0 fully saturated rings. The van der Waals surface area contributed by atoms with Crippen LogP contribution in [0.15, 0.2) is 28.3 Å². The zero-order chi connectivity index (χ0) is 14.2. The summed E-state index contributed by atoms with van der Waals surface area (Å²) in [6.45, 7) is 1.74. The van der Waals surface area contributed by atoms with E-state index in [1.807, 2.05) is 12.1 Å². The third-order valence-corrected chi connectivity index (χ3v) is 4.29. The van der Waals surface area contributed by atoms with E-state index in [1.54, 1.807) is 6.92 Å². The molecule has 3 nitrogen and oxygen atoms in total. The van der Waals surface area contributed by atoms with E-state index in [-0.39, 0.29) is 6.04 Å². The fourth-order valence-electron chi connectivity index (χ4n) is 1.75. The van der Waals surface area contributed by atoms with Crippen molar-refractivity contribution in [2.45, 2.75) is 25.2 Å². The van der Waals surface area contributed by atoms with Gasteiger partial charge >= 0.3 is 6.18 Å². The van der Waals surface area contributed by atoms with E-state index in [9.17, 15) is 13.2 Å². The monoisotopic (exact) mass is 353 g/mol. The summed E-state index contributed by atoms with van der Waals surface area (Å²) < 4.78 is 39.9.